The van der Waals surface area contributed by atoms with Crippen LogP contribution in [-0.2, 0) is 48.0 Å². The van der Waals surface area contributed by atoms with Crippen molar-refractivity contribution >= 4 is 0 Å². The Bertz CT molecular complexity index is 1370. The van der Waals surface area contributed by atoms with Crippen LogP contribution in [0.25, 0.3) is 0 Å². The van der Waals surface area contributed by atoms with E-state index in [4.69, 9.17) is 48.0 Å². The molecule has 0 aromatic rings. The highest BCUT2D eigenvalue weighted by Crippen LogP contribution is 2.65. The molecule has 290 valence electrons. The Morgan fingerprint density at radius 3 is 1.69 bits per heavy atom. The van der Waals surface area contributed by atoms with Crippen molar-refractivity contribution < 1.29 is 74.3 Å². The first-order chi connectivity index (χ1) is 23.9. The van der Waals surface area contributed by atoms with Crippen molar-refractivity contribution in [2.75, 3.05) is 13.2 Å². The van der Waals surface area contributed by atoms with Gasteiger partial charge in [0.25, 0.3) is 11.6 Å². The second-order valence-electron chi connectivity index (χ2n) is 16.4. The highest BCUT2D eigenvalue weighted by atomic mass is 19.4. The van der Waals surface area contributed by atoms with Crippen LogP contribution in [0.5, 0.6) is 0 Å². The van der Waals surface area contributed by atoms with E-state index in [1.165, 1.54) is 26.0 Å². The van der Waals surface area contributed by atoms with Crippen LogP contribution in [-0.4, -0.2) is 73.0 Å². The molecule has 0 aromatic heterocycles. The molecular weight excluding hydrogens is 694 g/mol. The SMILES string of the molecule is C[C@@H]1CC[C@H]2[C@@H](C)[C@](OC/C=C\CO[C@@]3(C(F)(F)F)O[C@@H]4O[C@]5(C)CC[C@H]6[C@H](C)CC[C@@H]([C@H]3C)[C@@]46OO5)(C(F)(F)F)O[C@@H]3O[C@@H]4CC[C@@H]1[C@]32OO4. The number of hydrogen-bond acceptors (Lipinski definition) is 10. The molecule has 8 aliphatic heterocycles. The van der Waals surface area contributed by atoms with Gasteiger partial charge in [0.2, 0.25) is 5.79 Å². The second-order valence-corrected chi connectivity index (χ2v) is 16.4. The summed E-state index contributed by atoms with van der Waals surface area (Å²) in [5.74, 6) is -11.2. The molecule has 0 unspecified atom stereocenters. The quantitative estimate of drug-likeness (QED) is 0.155. The Morgan fingerprint density at radius 1 is 0.608 bits per heavy atom. The van der Waals surface area contributed by atoms with Gasteiger partial charge < -0.3 is 28.4 Å². The first-order valence-corrected chi connectivity index (χ1v) is 18.4. The molecule has 2 saturated carbocycles. The summed E-state index contributed by atoms with van der Waals surface area (Å²) in [4.78, 5) is 23.1. The maximum atomic E-state index is 15.1. The summed E-state index contributed by atoms with van der Waals surface area (Å²) < 4.78 is 126. The summed E-state index contributed by atoms with van der Waals surface area (Å²) in [5.41, 5.74) is -2.47. The Kier molecular flexibility index (Phi) is 8.83. The Hall–Kier alpha value is -1.08. The fourth-order valence-electron chi connectivity index (χ4n) is 11.3. The average Bonchev–Trinajstić information content (AvgIpc) is 3.47. The van der Waals surface area contributed by atoms with E-state index in [-0.39, 0.29) is 23.7 Å². The zero-order valence-electron chi connectivity index (χ0n) is 29.4. The molecule has 0 amide bonds. The summed E-state index contributed by atoms with van der Waals surface area (Å²) in [7, 11) is 0. The van der Waals surface area contributed by atoms with E-state index in [0.29, 0.717) is 51.4 Å². The fraction of sp³-hybridized carbons (Fsp3) is 0.943. The van der Waals surface area contributed by atoms with Gasteiger partial charge in [0.1, 0.15) is 0 Å². The number of halogens is 6. The number of ether oxygens (including phenoxy) is 6. The van der Waals surface area contributed by atoms with Gasteiger partial charge in [0.15, 0.2) is 30.1 Å². The smallest absolute Gasteiger partial charge is 0.338 e. The molecule has 8 saturated heterocycles. The lowest BCUT2D eigenvalue weighted by atomic mass is 9.57. The molecule has 0 radical (unpaired) electrons. The van der Waals surface area contributed by atoms with Gasteiger partial charge in [-0.25, -0.2) is 19.6 Å². The zero-order chi connectivity index (χ0) is 36.4. The van der Waals surface area contributed by atoms with Crippen molar-refractivity contribution in [2.24, 2.45) is 47.3 Å². The van der Waals surface area contributed by atoms with Gasteiger partial charge in [0.05, 0.1) is 13.2 Å². The summed E-state index contributed by atoms with van der Waals surface area (Å²) in [6.45, 7) is 7.32. The molecule has 2 spiro atoms. The van der Waals surface area contributed by atoms with Crippen LogP contribution >= 0.6 is 0 Å². The topological polar surface area (TPSA) is 92.3 Å². The minimum atomic E-state index is -4.99. The summed E-state index contributed by atoms with van der Waals surface area (Å²) >= 11 is 0. The van der Waals surface area contributed by atoms with Crippen molar-refractivity contribution in [2.45, 2.75) is 146 Å². The summed E-state index contributed by atoms with van der Waals surface area (Å²) in [5, 5.41) is 0. The third-order valence-electron chi connectivity index (χ3n) is 13.9. The lowest BCUT2D eigenvalue weighted by Gasteiger charge is -2.62. The highest BCUT2D eigenvalue weighted by molar-refractivity contribution is 5.14. The lowest BCUT2D eigenvalue weighted by molar-refractivity contribution is -0.598. The summed E-state index contributed by atoms with van der Waals surface area (Å²) in [6, 6.07) is 0. The Balaban J connectivity index is 1.01. The normalized spacial score (nSPS) is 53.7. The van der Waals surface area contributed by atoms with Crippen molar-refractivity contribution in [3.05, 3.63) is 12.2 Å². The molecule has 0 N–H and O–H groups in total. The largest absolute Gasteiger partial charge is 0.443 e. The third-order valence-corrected chi connectivity index (χ3v) is 13.9. The van der Waals surface area contributed by atoms with Crippen LogP contribution < -0.4 is 0 Å². The lowest BCUT2D eigenvalue weighted by Crippen LogP contribution is -2.76. The molecule has 2 aliphatic carbocycles. The van der Waals surface area contributed by atoms with Gasteiger partial charge in [-0.15, -0.1) is 0 Å². The van der Waals surface area contributed by atoms with E-state index < -0.39 is 96.7 Å². The van der Waals surface area contributed by atoms with Gasteiger partial charge in [-0.2, -0.15) is 26.3 Å². The molecule has 0 aromatic carbocycles. The maximum absolute atomic E-state index is 15.1. The van der Waals surface area contributed by atoms with E-state index in [1.54, 1.807) is 6.92 Å². The Morgan fingerprint density at radius 2 is 1.12 bits per heavy atom. The van der Waals surface area contributed by atoms with Gasteiger partial charge in [0, 0.05) is 36.5 Å². The van der Waals surface area contributed by atoms with Crippen molar-refractivity contribution in [1.29, 1.82) is 0 Å². The average molecular weight is 743 g/mol. The van der Waals surface area contributed by atoms with Crippen molar-refractivity contribution in [1.82, 2.24) is 0 Å². The van der Waals surface area contributed by atoms with Crippen molar-refractivity contribution in [3.8, 4) is 0 Å². The third kappa shape index (κ3) is 5.13. The van der Waals surface area contributed by atoms with E-state index in [2.05, 4.69) is 13.8 Å². The molecule has 51 heavy (non-hydrogen) atoms. The minimum Gasteiger partial charge on any atom is -0.338 e. The van der Waals surface area contributed by atoms with Gasteiger partial charge in [-0.1, -0.05) is 39.8 Å². The van der Waals surface area contributed by atoms with Crippen LogP contribution in [0, 0.1) is 47.3 Å². The van der Waals surface area contributed by atoms with E-state index >= 15 is 26.3 Å². The van der Waals surface area contributed by atoms with Gasteiger partial charge in [-0.3, -0.25) is 0 Å². The highest BCUT2D eigenvalue weighted by Gasteiger charge is 2.78. The number of alkyl halides is 6. The van der Waals surface area contributed by atoms with Gasteiger partial charge in [-0.05, 0) is 69.1 Å². The van der Waals surface area contributed by atoms with E-state index in [9.17, 15) is 0 Å². The predicted octanol–water partition coefficient (Wildman–Crippen LogP) is 7.47. The number of fused-ring (bicyclic) bond motifs is 4. The van der Waals surface area contributed by atoms with Crippen molar-refractivity contribution in [3.63, 3.8) is 0 Å². The predicted molar refractivity (Wildman–Crippen MR) is 160 cm³/mol. The number of rotatable bonds is 6. The fourth-order valence-corrected chi connectivity index (χ4v) is 11.3. The first kappa shape index (κ1) is 36.9. The molecule has 10 aliphatic rings. The molecule has 16 atom stereocenters. The van der Waals surface area contributed by atoms with E-state index in [0.717, 1.165) is 0 Å². The molecule has 10 fully saturated rings. The zero-order valence-corrected chi connectivity index (χ0v) is 29.4. The molecule has 4 bridgehead atoms. The maximum Gasteiger partial charge on any atom is 0.443 e. The van der Waals surface area contributed by atoms with Crippen LogP contribution in [0.15, 0.2) is 12.2 Å². The molecule has 10 rings (SSSR count). The van der Waals surface area contributed by atoms with Crippen LogP contribution in [0.1, 0.15) is 86.0 Å². The standard InChI is InChI=1S/C35H48F6O10/c1-18-8-10-24-20(3)32(34(36,37)38,46-27-30(24)22(18)12-13-26(44-27)48-50-30)42-16-6-7-17-43-33(35(39,40)41)21(4)25-11-9-19(2)23-14-15-29(5)45-28(47-33)31(23,25)51-49-29/h6-7,18-28H,8-17H2,1-5H3/b7-6-/t18-,19-,20-,21-,22+,23+,24+,25+,26+,27+,28+,29+,30-,31-,32-,33-/m1/s1. The van der Waals surface area contributed by atoms with Crippen LogP contribution in [0.2, 0.25) is 0 Å². The minimum absolute atomic E-state index is 0.136. The van der Waals surface area contributed by atoms with Crippen LogP contribution in [0.3, 0.4) is 0 Å². The Labute approximate surface area is 292 Å². The van der Waals surface area contributed by atoms with Crippen LogP contribution in [0.4, 0.5) is 26.3 Å². The molecule has 16 heteroatoms. The van der Waals surface area contributed by atoms with E-state index in [1.807, 2.05) is 0 Å². The second kappa shape index (κ2) is 12.2. The molecule has 8 heterocycles. The molecular formula is C35H48F6O10. The first-order valence-electron chi connectivity index (χ1n) is 18.4. The monoisotopic (exact) mass is 742 g/mol. The van der Waals surface area contributed by atoms with Gasteiger partial charge >= 0.3 is 12.4 Å². The molecule has 10 nitrogen and oxygen atoms in total. The summed E-state index contributed by atoms with van der Waals surface area (Å²) in [6.07, 6.45) is -6.88. The number of hydrogen-bond donors (Lipinski definition) is 0.